The first-order valence-electron chi connectivity index (χ1n) is 16.1. The van der Waals surface area contributed by atoms with Crippen LogP contribution in [-0.2, 0) is 17.7 Å². The van der Waals surface area contributed by atoms with E-state index in [1.807, 2.05) is 0 Å². The van der Waals surface area contributed by atoms with E-state index in [1.54, 1.807) is 0 Å². The maximum atomic E-state index is 7.21. The number of rotatable bonds is 8. The van der Waals surface area contributed by atoms with Gasteiger partial charge in [-0.1, -0.05) is 102 Å². The highest BCUT2D eigenvalue weighted by Gasteiger charge is 2.55. The van der Waals surface area contributed by atoms with E-state index in [0.717, 1.165) is 51.4 Å². The summed E-state index contributed by atoms with van der Waals surface area (Å²) in [6, 6.07) is 0. The van der Waals surface area contributed by atoms with E-state index in [2.05, 4.69) is 107 Å². The zero-order valence-corrected chi connectivity index (χ0v) is 29.4. The molecule has 4 rings (SSSR count). The first kappa shape index (κ1) is 32.9. The van der Waals surface area contributed by atoms with Crippen molar-refractivity contribution in [3.8, 4) is 0 Å². The number of hydrogen-bond donors (Lipinski definition) is 0. The lowest BCUT2D eigenvalue weighted by Crippen LogP contribution is -2.58. The summed E-state index contributed by atoms with van der Waals surface area (Å²) in [5.74, 6) is 0. The summed E-state index contributed by atoms with van der Waals surface area (Å²) in [5.41, 5.74) is 6.08. The Labute approximate surface area is 253 Å². The van der Waals surface area contributed by atoms with Crippen LogP contribution in [0.5, 0.6) is 0 Å². The zero-order valence-electron chi connectivity index (χ0n) is 28.4. The summed E-state index contributed by atoms with van der Waals surface area (Å²) in [6.45, 7) is 27.6. The van der Waals surface area contributed by atoms with Crippen LogP contribution in [0, 0.1) is 21.7 Å². The Morgan fingerprint density at radius 2 is 0.634 bits per heavy atom. The molecule has 0 aromatic rings. The van der Waals surface area contributed by atoms with Crippen LogP contribution in [0.4, 0.5) is 0 Å². The predicted octanol–water partition coefficient (Wildman–Crippen LogP) is 10.0. The zero-order chi connectivity index (χ0) is 30.4. The smallest absolute Gasteiger partial charge is 0.344 e. The minimum atomic E-state index is -3.69. The Balaban J connectivity index is 1.78. The van der Waals surface area contributed by atoms with Gasteiger partial charge in [-0.25, -0.2) is 0 Å². The molecular weight excluding hydrogens is 524 g/mol. The summed E-state index contributed by atoms with van der Waals surface area (Å²) < 4.78 is 28.8. The van der Waals surface area contributed by atoms with Crippen molar-refractivity contribution in [3.05, 3.63) is 46.6 Å². The molecular formula is C36H60O4Si. The fourth-order valence-electron chi connectivity index (χ4n) is 8.44. The minimum Gasteiger partial charge on any atom is -0.344 e. The molecule has 0 saturated carbocycles. The molecule has 0 spiro atoms. The SMILES string of the molecule is CC1=CC(O[Si](OC2C=C(C)CC(C)(C)C2)(OC2C=C(C)CC(C)(C)C2)OC2C=C(C)CC(C)(C)C2)CC(C)(C)C1. The van der Waals surface area contributed by atoms with Crippen molar-refractivity contribution in [1.29, 1.82) is 0 Å². The lowest BCUT2D eigenvalue weighted by Gasteiger charge is -2.44. The van der Waals surface area contributed by atoms with Crippen LogP contribution in [-0.4, -0.2) is 33.5 Å². The van der Waals surface area contributed by atoms with Gasteiger partial charge >= 0.3 is 9.05 Å². The van der Waals surface area contributed by atoms with Gasteiger partial charge in [-0.15, -0.1) is 0 Å². The van der Waals surface area contributed by atoms with Gasteiger partial charge in [0.1, 0.15) is 0 Å². The lowest BCUT2D eigenvalue weighted by molar-refractivity contribution is -0.100. The van der Waals surface area contributed by atoms with Crippen molar-refractivity contribution < 1.29 is 17.7 Å². The van der Waals surface area contributed by atoms with E-state index in [0.29, 0.717) is 0 Å². The van der Waals surface area contributed by atoms with E-state index < -0.39 is 9.05 Å². The highest BCUT2D eigenvalue weighted by Crippen LogP contribution is 2.44. The molecule has 0 aromatic heterocycles. The third-order valence-corrected chi connectivity index (χ3v) is 11.5. The van der Waals surface area contributed by atoms with Crippen LogP contribution in [0.2, 0.25) is 0 Å². The molecule has 0 saturated heterocycles. The van der Waals surface area contributed by atoms with Crippen LogP contribution in [0.15, 0.2) is 46.6 Å². The highest BCUT2D eigenvalue weighted by atomic mass is 28.4. The van der Waals surface area contributed by atoms with Gasteiger partial charge < -0.3 is 17.7 Å². The Bertz CT molecular complexity index is 915. The van der Waals surface area contributed by atoms with E-state index in [4.69, 9.17) is 17.7 Å². The molecule has 4 aliphatic carbocycles. The standard InChI is InChI=1S/C36H60O4Si/c1-25-13-29(21-33(5,6)17-25)37-41(38-30-14-26(2)18-34(7,8)22-30,39-31-15-27(3)19-35(9,10)23-31)40-32-16-28(4)20-36(11,12)24-32/h13-16,29-32H,17-24H2,1-12H3. The van der Waals surface area contributed by atoms with Gasteiger partial charge in [-0.3, -0.25) is 0 Å². The van der Waals surface area contributed by atoms with E-state index in [1.165, 1.54) is 22.3 Å². The van der Waals surface area contributed by atoms with Crippen LogP contribution in [0.1, 0.15) is 134 Å². The van der Waals surface area contributed by atoms with Gasteiger partial charge in [0.25, 0.3) is 0 Å². The third-order valence-electron chi connectivity index (χ3n) is 9.11. The Morgan fingerprint density at radius 3 is 0.805 bits per heavy atom. The van der Waals surface area contributed by atoms with Crippen molar-refractivity contribution in [2.24, 2.45) is 21.7 Å². The van der Waals surface area contributed by atoms with Crippen LogP contribution < -0.4 is 0 Å². The average molecular weight is 585 g/mol. The first-order chi connectivity index (χ1) is 18.7. The van der Waals surface area contributed by atoms with E-state index in [9.17, 15) is 0 Å². The third kappa shape index (κ3) is 9.50. The fourth-order valence-corrected chi connectivity index (χ4v) is 10.9. The second-order valence-electron chi connectivity index (χ2n) is 17.4. The molecule has 0 N–H and O–H groups in total. The average Bonchev–Trinajstić information content (AvgIpc) is 2.66. The summed E-state index contributed by atoms with van der Waals surface area (Å²) in [6.07, 6.45) is 16.8. The summed E-state index contributed by atoms with van der Waals surface area (Å²) in [4.78, 5) is 0. The van der Waals surface area contributed by atoms with Crippen molar-refractivity contribution in [3.63, 3.8) is 0 Å². The molecule has 41 heavy (non-hydrogen) atoms. The first-order valence-corrected chi connectivity index (χ1v) is 17.8. The summed E-state index contributed by atoms with van der Waals surface area (Å²) in [5, 5.41) is 0. The molecule has 0 fully saturated rings. The Morgan fingerprint density at radius 1 is 0.439 bits per heavy atom. The Kier molecular flexibility index (Phi) is 9.51. The normalized spacial score (nSPS) is 34.0. The minimum absolute atomic E-state index is 0.101. The molecule has 0 bridgehead atoms. The van der Waals surface area contributed by atoms with Crippen LogP contribution in [0.25, 0.3) is 0 Å². The van der Waals surface area contributed by atoms with Crippen molar-refractivity contribution in [1.82, 2.24) is 0 Å². The van der Waals surface area contributed by atoms with Gasteiger partial charge in [0.15, 0.2) is 0 Å². The second kappa shape index (κ2) is 11.8. The predicted molar refractivity (Wildman–Crippen MR) is 172 cm³/mol. The molecule has 0 aromatic carbocycles. The maximum Gasteiger partial charge on any atom is 0.681 e. The Hall–Kier alpha value is -0.983. The molecule has 4 nitrogen and oxygen atoms in total. The molecule has 232 valence electrons. The van der Waals surface area contributed by atoms with Crippen molar-refractivity contribution >= 4 is 9.05 Å². The van der Waals surface area contributed by atoms with Crippen molar-refractivity contribution in [2.75, 3.05) is 0 Å². The fraction of sp³-hybridized carbons (Fsp3) is 0.778. The van der Waals surface area contributed by atoms with Gasteiger partial charge in [0.2, 0.25) is 0 Å². The van der Waals surface area contributed by atoms with Crippen LogP contribution >= 0.6 is 0 Å². The number of hydrogen-bond acceptors (Lipinski definition) is 4. The molecule has 4 atom stereocenters. The molecule has 0 amide bonds. The second-order valence-corrected chi connectivity index (χ2v) is 19.3. The van der Waals surface area contributed by atoms with Crippen LogP contribution in [0.3, 0.4) is 0 Å². The van der Waals surface area contributed by atoms with Gasteiger partial charge in [0, 0.05) is 0 Å². The lowest BCUT2D eigenvalue weighted by atomic mass is 9.77. The van der Waals surface area contributed by atoms with Gasteiger partial charge in [-0.2, -0.15) is 0 Å². The molecule has 0 aliphatic heterocycles. The molecule has 0 heterocycles. The maximum absolute atomic E-state index is 7.21. The van der Waals surface area contributed by atoms with Gasteiger partial charge in [-0.05, 0) is 101 Å². The van der Waals surface area contributed by atoms with Gasteiger partial charge in [0.05, 0.1) is 24.4 Å². The highest BCUT2D eigenvalue weighted by molar-refractivity contribution is 6.54. The summed E-state index contributed by atoms with van der Waals surface area (Å²) >= 11 is 0. The molecule has 4 aliphatic rings. The van der Waals surface area contributed by atoms with E-state index >= 15 is 0 Å². The molecule has 0 radical (unpaired) electrons. The number of allylic oxidation sites excluding steroid dienone is 4. The van der Waals surface area contributed by atoms with E-state index in [-0.39, 0.29) is 46.1 Å². The molecule has 5 heteroatoms. The monoisotopic (exact) mass is 584 g/mol. The largest absolute Gasteiger partial charge is 0.681 e. The summed E-state index contributed by atoms with van der Waals surface area (Å²) in [7, 11) is -3.69. The van der Waals surface area contributed by atoms with Crippen molar-refractivity contribution in [2.45, 2.75) is 159 Å². The molecule has 4 unspecified atom stereocenters. The topological polar surface area (TPSA) is 36.9 Å². The quantitative estimate of drug-likeness (QED) is 0.210.